The van der Waals surface area contributed by atoms with Crippen LogP contribution in [0.1, 0.15) is 10.4 Å². The number of amides is 2. The topological polar surface area (TPSA) is 111 Å². The Labute approximate surface area is 181 Å². The standard InChI is InChI=1S/C21H18N6O3S/c1-26-16(14-5-3-2-4-6-14)11-23-20(26)25-19(30)15-7-8-18(29)27(12-15)13-17(28)24-21-22-9-10-31-21/h2-12H,13H2,1H3,(H,22,24,28)(H,23,25,30). The molecule has 31 heavy (non-hydrogen) atoms. The Balaban J connectivity index is 1.49. The van der Waals surface area contributed by atoms with E-state index in [9.17, 15) is 14.4 Å². The average molecular weight is 434 g/mol. The molecule has 0 spiro atoms. The Morgan fingerprint density at radius 3 is 2.61 bits per heavy atom. The lowest BCUT2D eigenvalue weighted by molar-refractivity contribution is -0.116. The number of benzene rings is 1. The van der Waals surface area contributed by atoms with E-state index in [1.165, 1.54) is 34.2 Å². The highest BCUT2D eigenvalue weighted by atomic mass is 32.1. The van der Waals surface area contributed by atoms with Gasteiger partial charge in [0.25, 0.3) is 11.5 Å². The smallest absolute Gasteiger partial charge is 0.259 e. The van der Waals surface area contributed by atoms with Gasteiger partial charge in [-0.25, -0.2) is 9.97 Å². The van der Waals surface area contributed by atoms with Gasteiger partial charge in [0.05, 0.1) is 17.5 Å². The maximum absolute atomic E-state index is 12.7. The number of hydrogen-bond acceptors (Lipinski definition) is 6. The zero-order valence-electron chi connectivity index (χ0n) is 16.5. The van der Waals surface area contributed by atoms with Crippen molar-refractivity contribution in [1.82, 2.24) is 19.1 Å². The van der Waals surface area contributed by atoms with E-state index in [1.807, 2.05) is 30.3 Å². The molecule has 0 saturated heterocycles. The summed E-state index contributed by atoms with van der Waals surface area (Å²) in [6.07, 6.45) is 4.59. The molecule has 2 N–H and O–H groups in total. The number of hydrogen-bond donors (Lipinski definition) is 2. The maximum atomic E-state index is 12.7. The highest BCUT2D eigenvalue weighted by molar-refractivity contribution is 7.13. The Hall–Kier alpha value is -4.05. The molecule has 0 bridgehead atoms. The van der Waals surface area contributed by atoms with Gasteiger partial charge < -0.3 is 14.5 Å². The molecule has 4 rings (SSSR count). The first-order valence-corrected chi connectivity index (χ1v) is 10.2. The molecule has 0 saturated carbocycles. The number of carbonyl (C=O) groups excluding carboxylic acids is 2. The first-order valence-electron chi connectivity index (χ1n) is 9.29. The number of thiazole rings is 1. The fourth-order valence-electron chi connectivity index (χ4n) is 2.96. The van der Waals surface area contributed by atoms with Crippen LogP contribution in [-0.4, -0.2) is 30.9 Å². The fourth-order valence-corrected chi connectivity index (χ4v) is 3.51. The minimum atomic E-state index is -0.442. The summed E-state index contributed by atoms with van der Waals surface area (Å²) in [4.78, 5) is 45.3. The molecule has 0 aliphatic rings. The number of carbonyl (C=O) groups is 2. The van der Waals surface area contributed by atoms with Crippen LogP contribution in [0.5, 0.6) is 0 Å². The van der Waals surface area contributed by atoms with Crippen LogP contribution in [0.4, 0.5) is 11.1 Å². The Morgan fingerprint density at radius 2 is 1.87 bits per heavy atom. The molecule has 9 nitrogen and oxygen atoms in total. The molecule has 4 aromatic rings. The van der Waals surface area contributed by atoms with E-state index in [-0.39, 0.29) is 12.1 Å². The summed E-state index contributed by atoms with van der Waals surface area (Å²) >= 11 is 1.27. The molecule has 10 heteroatoms. The summed E-state index contributed by atoms with van der Waals surface area (Å²) in [6, 6.07) is 12.3. The van der Waals surface area contributed by atoms with Crippen molar-refractivity contribution in [2.75, 3.05) is 10.6 Å². The van der Waals surface area contributed by atoms with Crippen molar-refractivity contribution in [3.05, 3.63) is 82.4 Å². The van der Waals surface area contributed by atoms with E-state index >= 15 is 0 Å². The minimum absolute atomic E-state index is 0.228. The Morgan fingerprint density at radius 1 is 1.06 bits per heavy atom. The van der Waals surface area contributed by atoms with Gasteiger partial charge in [-0.15, -0.1) is 11.3 Å². The number of rotatable bonds is 6. The molecule has 156 valence electrons. The number of anilines is 2. The third-order valence-electron chi connectivity index (χ3n) is 4.52. The van der Waals surface area contributed by atoms with Gasteiger partial charge in [-0.1, -0.05) is 30.3 Å². The molecule has 2 amide bonds. The molecule has 0 fully saturated rings. The van der Waals surface area contributed by atoms with Crippen LogP contribution < -0.4 is 16.2 Å². The summed E-state index contributed by atoms with van der Waals surface area (Å²) in [5, 5.41) is 7.52. The third kappa shape index (κ3) is 4.59. The zero-order valence-corrected chi connectivity index (χ0v) is 17.3. The summed E-state index contributed by atoms with van der Waals surface area (Å²) in [5.74, 6) is -0.489. The lowest BCUT2D eigenvalue weighted by Crippen LogP contribution is -2.28. The lowest BCUT2D eigenvalue weighted by atomic mass is 10.2. The Kier molecular flexibility index (Phi) is 5.72. The molecule has 3 heterocycles. The second kappa shape index (κ2) is 8.76. The molecule has 0 aliphatic heterocycles. The van der Waals surface area contributed by atoms with Gasteiger partial charge in [0.1, 0.15) is 6.54 Å². The lowest BCUT2D eigenvalue weighted by Gasteiger charge is -2.10. The van der Waals surface area contributed by atoms with E-state index in [2.05, 4.69) is 20.6 Å². The molecular weight excluding hydrogens is 416 g/mol. The highest BCUT2D eigenvalue weighted by Gasteiger charge is 2.14. The van der Waals surface area contributed by atoms with E-state index in [0.717, 1.165) is 11.3 Å². The number of imidazole rings is 1. The summed E-state index contributed by atoms with van der Waals surface area (Å²) < 4.78 is 2.94. The van der Waals surface area contributed by atoms with Gasteiger partial charge in [0.15, 0.2) is 5.13 Å². The summed E-state index contributed by atoms with van der Waals surface area (Å²) in [7, 11) is 1.80. The van der Waals surface area contributed by atoms with Crippen LogP contribution in [0.2, 0.25) is 0 Å². The van der Waals surface area contributed by atoms with Crippen molar-refractivity contribution in [3.63, 3.8) is 0 Å². The third-order valence-corrected chi connectivity index (χ3v) is 5.21. The van der Waals surface area contributed by atoms with Gasteiger partial charge in [-0.2, -0.15) is 0 Å². The van der Waals surface area contributed by atoms with Gasteiger partial charge in [0.2, 0.25) is 11.9 Å². The van der Waals surface area contributed by atoms with Gasteiger partial charge in [0, 0.05) is 30.9 Å². The van der Waals surface area contributed by atoms with Gasteiger partial charge in [-0.3, -0.25) is 19.7 Å². The predicted octanol–water partition coefficient (Wildman–Crippen LogP) is 2.60. The van der Waals surface area contributed by atoms with E-state index in [0.29, 0.717) is 11.1 Å². The van der Waals surface area contributed by atoms with E-state index < -0.39 is 17.4 Å². The molecular formula is C21H18N6O3S. The quantitative estimate of drug-likeness (QED) is 0.485. The first-order chi connectivity index (χ1) is 15.0. The molecule has 0 aliphatic carbocycles. The Bertz CT molecular complexity index is 1280. The number of aromatic nitrogens is 4. The molecule has 1 aromatic carbocycles. The number of nitrogens with one attached hydrogen (secondary N) is 2. The second-order valence-electron chi connectivity index (χ2n) is 6.62. The maximum Gasteiger partial charge on any atom is 0.259 e. The predicted molar refractivity (Wildman–Crippen MR) is 118 cm³/mol. The van der Waals surface area contributed by atoms with E-state index in [1.54, 1.807) is 29.4 Å². The van der Waals surface area contributed by atoms with E-state index in [4.69, 9.17) is 0 Å². The monoisotopic (exact) mass is 434 g/mol. The number of pyridine rings is 1. The van der Waals surface area contributed by atoms with Crippen LogP contribution in [0.25, 0.3) is 11.3 Å². The second-order valence-corrected chi connectivity index (χ2v) is 7.51. The summed E-state index contributed by atoms with van der Waals surface area (Å²) in [6.45, 7) is -0.236. The summed E-state index contributed by atoms with van der Waals surface area (Å²) in [5.41, 5.74) is 1.65. The first kappa shape index (κ1) is 20.2. The van der Waals surface area contributed by atoms with Crippen LogP contribution >= 0.6 is 11.3 Å². The van der Waals surface area contributed by atoms with Gasteiger partial charge in [-0.05, 0) is 11.6 Å². The highest BCUT2D eigenvalue weighted by Crippen LogP contribution is 2.21. The van der Waals surface area contributed by atoms with Crippen LogP contribution in [-0.2, 0) is 18.4 Å². The van der Waals surface area contributed by atoms with Crippen molar-refractivity contribution in [2.45, 2.75) is 6.54 Å². The molecule has 0 radical (unpaired) electrons. The van der Waals surface area contributed by atoms with Crippen LogP contribution in [0.3, 0.4) is 0 Å². The largest absolute Gasteiger partial charge is 0.313 e. The van der Waals surface area contributed by atoms with Gasteiger partial charge >= 0.3 is 0 Å². The molecule has 3 aromatic heterocycles. The van der Waals surface area contributed by atoms with Crippen molar-refractivity contribution in [2.24, 2.45) is 7.05 Å². The van der Waals surface area contributed by atoms with Crippen molar-refractivity contribution in [1.29, 1.82) is 0 Å². The average Bonchev–Trinajstić information content (AvgIpc) is 3.40. The fraction of sp³-hybridized carbons (Fsp3) is 0.0952. The zero-order chi connectivity index (χ0) is 21.8. The van der Waals surface area contributed by atoms with Crippen molar-refractivity contribution < 1.29 is 9.59 Å². The molecule has 0 unspecified atom stereocenters. The normalized spacial score (nSPS) is 10.6. The van der Waals surface area contributed by atoms with Crippen LogP contribution in [0, 0.1) is 0 Å². The van der Waals surface area contributed by atoms with Crippen molar-refractivity contribution >= 4 is 34.2 Å². The SMILES string of the molecule is Cn1c(-c2ccccc2)cnc1NC(=O)c1ccc(=O)n(CC(=O)Nc2nccs2)c1. The minimum Gasteiger partial charge on any atom is -0.313 e. The van der Waals surface area contributed by atoms with Crippen LogP contribution in [0.15, 0.2) is 71.2 Å². The van der Waals surface area contributed by atoms with Crippen molar-refractivity contribution in [3.8, 4) is 11.3 Å². The number of nitrogens with zero attached hydrogens (tertiary/aromatic N) is 4. The molecule has 0 atom stereocenters.